The molecule has 0 aromatic heterocycles. The molecule has 5 heteroatoms. The fourth-order valence-electron chi connectivity index (χ4n) is 4.81. The van der Waals surface area contributed by atoms with Gasteiger partial charge in [0.05, 0.1) is 18.2 Å². The molecule has 182 valence electrons. The lowest BCUT2D eigenvalue weighted by Crippen LogP contribution is -2.32. The molecule has 0 radical (unpaired) electrons. The lowest BCUT2D eigenvalue weighted by atomic mass is 9.85. The summed E-state index contributed by atoms with van der Waals surface area (Å²) in [7, 11) is 1.52. The van der Waals surface area contributed by atoms with E-state index in [9.17, 15) is 9.18 Å². The molecule has 1 heterocycles. The summed E-state index contributed by atoms with van der Waals surface area (Å²) >= 11 is 0. The number of anilines is 1. The molecule has 0 atom stereocenters. The van der Waals surface area contributed by atoms with Crippen molar-refractivity contribution >= 4 is 17.2 Å². The van der Waals surface area contributed by atoms with Crippen LogP contribution < -0.4 is 10.1 Å². The molecule has 0 fully saturated rings. The molecule has 1 aliphatic rings. The van der Waals surface area contributed by atoms with Gasteiger partial charge in [-0.1, -0.05) is 37.6 Å². The molecule has 35 heavy (non-hydrogen) atoms. The van der Waals surface area contributed by atoms with Gasteiger partial charge >= 0.3 is 5.97 Å². The van der Waals surface area contributed by atoms with Crippen LogP contribution in [0.4, 0.5) is 10.1 Å². The Morgan fingerprint density at radius 3 is 2.43 bits per heavy atom. The third-order valence-electron chi connectivity index (χ3n) is 6.27. The number of carbonyl (C=O) groups is 1. The third kappa shape index (κ3) is 5.24. The van der Waals surface area contributed by atoms with Crippen molar-refractivity contribution in [2.24, 2.45) is 0 Å². The number of carbonyl (C=O) groups excluding carboxylic acids is 1. The molecule has 0 spiro atoms. The second-order valence-corrected chi connectivity index (χ2v) is 9.56. The smallest absolute Gasteiger partial charge is 0.338 e. The first kappa shape index (κ1) is 24.5. The van der Waals surface area contributed by atoms with E-state index >= 15 is 0 Å². The predicted molar refractivity (Wildman–Crippen MR) is 139 cm³/mol. The molecule has 0 aliphatic carbocycles. The van der Waals surface area contributed by atoms with Gasteiger partial charge in [0.15, 0.2) is 0 Å². The SMILES string of the molecule is CCCc1ccc(C(=O)OCc2c(-c3ccc(F)cc3OC)ccc3c2C(C)=CC(C)(C)N3)cc1. The Morgan fingerprint density at radius 2 is 1.74 bits per heavy atom. The number of esters is 1. The molecule has 0 unspecified atom stereocenters. The standard InChI is InChI=1S/C30H32FNO3/c1-6-7-20-8-10-21(11-9-20)29(33)35-18-25-23(24-13-12-22(31)16-27(24)34-5)14-15-26-28(25)19(2)17-30(3,4)32-26/h8-17,32H,6-7,18H2,1-5H3. The van der Waals surface area contributed by atoms with Crippen molar-refractivity contribution in [2.45, 2.75) is 52.7 Å². The summed E-state index contributed by atoms with van der Waals surface area (Å²) < 4.78 is 25.2. The third-order valence-corrected chi connectivity index (χ3v) is 6.27. The summed E-state index contributed by atoms with van der Waals surface area (Å²) in [6.45, 7) is 8.48. The van der Waals surface area contributed by atoms with E-state index < -0.39 is 0 Å². The highest BCUT2D eigenvalue weighted by Gasteiger charge is 2.27. The fraction of sp³-hybridized carbons (Fsp3) is 0.300. The maximum atomic E-state index is 13.9. The largest absolute Gasteiger partial charge is 0.496 e. The fourth-order valence-corrected chi connectivity index (χ4v) is 4.81. The van der Waals surface area contributed by atoms with E-state index in [1.165, 1.54) is 24.8 Å². The maximum Gasteiger partial charge on any atom is 0.338 e. The van der Waals surface area contributed by atoms with Crippen LogP contribution in [-0.2, 0) is 17.8 Å². The molecule has 3 aromatic carbocycles. The second kappa shape index (κ2) is 9.95. The van der Waals surface area contributed by atoms with Gasteiger partial charge in [-0.2, -0.15) is 0 Å². The molecule has 4 nitrogen and oxygen atoms in total. The van der Waals surface area contributed by atoms with Gasteiger partial charge in [-0.05, 0) is 74.2 Å². The first-order valence-corrected chi connectivity index (χ1v) is 12.0. The molecule has 1 aliphatic heterocycles. The topological polar surface area (TPSA) is 47.6 Å². The van der Waals surface area contributed by atoms with Gasteiger partial charge in [-0.25, -0.2) is 9.18 Å². The molecule has 0 saturated heterocycles. The Balaban J connectivity index is 1.74. The number of hydrogen-bond acceptors (Lipinski definition) is 4. The van der Waals surface area contributed by atoms with Gasteiger partial charge in [-0.3, -0.25) is 0 Å². The van der Waals surface area contributed by atoms with Crippen LogP contribution in [0.5, 0.6) is 5.75 Å². The van der Waals surface area contributed by atoms with Gasteiger partial charge in [0.1, 0.15) is 18.2 Å². The van der Waals surface area contributed by atoms with Crippen molar-refractivity contribution in [3.63, 3.8) is 0 Å². The van der Waals surface area contributed by atoms with Crippen molar-refractivity contribution in [3.8, 4) is 16.9 Å². The molecular formula is C30H32FNO3. The molecule has 4 rings (SSSR count). The summed E-state index contributed by atoms with van der Waals surface area (Å²) in [5, 5.41) is 3.55. The summed E-state index contributed by atoms with van der Waals surface area (Å²) in [6.07, 6.45) is 4.19. The van der Waals surface area contributed by atoms with Gasteiger partial charge in [0, 0.05) is 28.4 Å². The Labute approximate surface area is 206 Å². The molecule has 0 bridgehead atoms. The monoisotopic (exact) mass is 473 g/mol. The van der Waals surface area contributed by atoms with E-state index in [0.717, 1.165) is 46.4 Å². The molecule has 0 saturated carbocycles. The van der Waals surface area contributed by atoms with E-state index in [4.69, 9.17) is 9.47 Å². The van der Waals surface area contributed by atoms with Crippen LogP contribution in [0.25, 0.3) is 16.7 Å². The van der Waals surface area contributed by atoms with Crippen molar-refractivity contribution in [3.05, 3.63) is 88.7 Å². The van der Waals surface area contributed by atoms with Crippen LogP contribution in [0.15, 0.2) is 60.7 Å². The van der Waals surface area contributed by atoms with Gasteiger partial charge in [0.2, 0.25) is 0 Å². The minimum absolute atomic E-state index is 0.0713. The van der Waals surface area contributed by atoms with Crippen LogP contribution in [0, 0.1) is 5.82 Å². The highest BCUT2D eigenvalue weighted by molar-refractivity contribution is 5.91. The molecular weight excluding hydrogens is 441 g/mol. The average Bonchev–Trinajstić information content (AvgIpc) is 2.82. The summed E-state index contributed by atoms with van der Waals surface area (Å²) in [6, 6.07) is 16.0. The van der Waals surface area contributed by atoms with Crippen molar-refractivity contribution in [2.75, 3.05) is 12.4 Å². The zero-order chi connectivity index (χ0) is 25.2. The Morgan fingerprint density at radius 1 is 1.03 bits per heavy atom. The highest BCUT2D eigenvalue weighted by atomic mass is 19.1. The van der Waals surface area contributed by atoms with E-state index in [1.807, 2.05) is 36.4 Å². The predicted octanol–water partition coefficient (Wildman–Crippen LogP) is 7.42. The van der Waals surface area contributed by atoms with Crippen LogP contribution in [0.3, 0.4) is 0 Å². The minimum atomic E-state index is -0.381. The minimum Gasteiger partial charge on any atom is -0.496 e. The van der Waals surface area contributed by atoms with Gasteiger partial charge in [0.25, 0.3) is 0 Å². The summed E-state index contributed by atoms with van der Waals surface area (Å²) in [5.74, 6) is -0.328. The van der Waals surface area contributed by atoms with Crippen molar-refractivity contribution < 1.29 is 18.7 Å². The van der Waals surface area contributed by atoms with Crippen molar-refractivity contribution in [1.82, 2.24) is 0 Å². The van der Waals surface area contributed by atoms with E-state index in [1.54, 1.807) is 6.07 Å². The number of rotatable bonds is 7. The number of aryl methyl sites for hydroxylation is 1. The van der Waals surface area contributed by atoms with Crippen LogP contribution in [0.2, 0.25) is 0 Å². The zero-order valence-corrected chi connectivity index (χ0v) is 21.0. The Hall–Kier alpha value is -3.60. The molecule has 3 aromatic rings. The first-order valence-electron chi connectivity index (χ1n) is 12.0. The number of halogens is 1. The zero-order valence-electron chi connectivity index (χ0n) is 21.0. The number of hydrogen-bond donors (Lipinski definition) is 1. The Bertz CT molecular complexity index is 1280. The molecule has 0 amide bonds. The number of nitrogens with one attached hydrogen (secondary N) is 1. The lowest BCUT2D eigenvalue weighted by Gasteiger charge is -2.33. The average molecular weight is 474 g/mol. The number of allylic oxidation sites excluding steroid dienone is 1. The summed E-state index contributed by atoms with van der Waals surface area (Å²) in [5.41, 5.74) is 6.96. The number of fused-ring (bicyclic) bond motifs is 1. The normalized spacial score (nSPS) is 13.9. The Kier molecular flexibility index (Phi) is 6.97. The van der Waals surface area contributed by atoms with Crippen LogP contribution in [0.1, 0.15) is 61.2 Å². The van der Waals surface area contributed by atoms with Crippen molar-refractivity contribution in [1.29, 1.82) is 0 Å². The maximum absolute atomic E-state index is 13.9. The van der Waals surface area contributed by atoms with E-state index in [0.29, 0.717) is 11.3 Å². The lowest BCUT2D eigenvalue weighted by molar-refractivity contribution is 0.0473. The first-order chi connectivity index (χ1) is 16.7. The van der Waals surface area contributed by atoms with Crippen LogP contribution in [-0.4, -0.2) is 18.6 Å². The van der Waals surface area contributed by atoms with Gasteiger partial charge < -0.3 is 14.8 Å². The highest BCUT2D eigenvalue weighted by Crippen LogP contribution is 2.42. The summed E-state index contributed by atoms with van der Waals surface area (Å²) in [4.78, 5) is 12.9. The van der Waals surface area contributed by atoms with E-state index in [-0.39, 0.29) is 23.9 Å². The van der Waals surface area contributed by atoms with Crippen LogP contribution >= 0.6 is 0 Å². The van der Waals surface area contributed by atoms with E-state index in [2.05, 4.69) is 39.1 Å². The van der Waals surface area contributed by atoms with Gasteiger partial charge in [-0.15, -0.1) is 0 Å². The number of benzene rings is 3. The quantitative estimate of drug-likeness (QED) is 0.363. The number of ether oxygens (including phenoxy) is 2. The molecule has 1 N–H and O–H groups in total. The second-order valence-electron chi connectivity index (χ2n) is 9.56. The number of methoxy groups -OCH3 is 1.